The molecule has 1 saturated heterocycles. The van der Waals surface area contributed by atoms with Crippen molar-refractivity contribution in [1.82, 2.24) is 9.80 Å². The Morgan fingerprint density at radius 2 is 1.50 bits per heavy atom. The lowest BCUT2D eigenvalue weighted by Crippen LogP contribution is -2.40. The van der Waals surface area contributed by atoms with Crippen LogP contribution in [0.1, 0.15) is 18.1 Å². The summed E-state index contributed by atoms with van der Waals surface area (Å²) in [4.78, 5) is 31.8. The highest BCUT2D eigenvalue weighted by Gasteiger charge is 2.37. The molecule has 0 aliphatic carbocycles. The third kappa shape index (κ3) is 4.88. The number of hydrogen-bond donors (Lipinski definition) is 0. The second-order valence-electron chi connectivity index (χ2n) is 6.59. The van der Waals surface area contributed by atoms with Crippen molar-refractivity contribution in [2.24, 2.45) is 4.99 Å². The van der Waals surface area contributed by atoms with Gasteiger partial charge < -0.3 is 14.4 Å². The van der Waals surface area contributed by atoms with Crippen LogP contribution in [-0.2, 0) is 22.7 Å². The first-order valence-corrected chi connectivity index (χ1v) is 9.05. The Hall–Kier alpha value is -3.35. The monoisotopic (exact) mass is 381 g/mol. The fourth-order valence-electron chi connectivity index (χ4n) is 2.96. The molecule has 2 amide bonds. The van der Waals surface area contributed by atoms with Crippen LogP contribution in [0.25, 0.3) is 0 Å². The Kier molecular flexibility index (Phi) is 6.26. The largest absolute Gasteiger partial charge is 0.444 e. The average molecular weight is 381 g/mol. The zero-order chi connectivity index (χ0) is 19.9. The molecule has 1 atom stereocenters. The molecule has 7 nitrogen and oxygen atoms in total. The van der Waals surface area contributed by atoms with Gasteiger partial charge >= 0.3 is 12.2 Å². The van der Waals surface area contributed by atoms with Crippen molar-refractivity contribution in [3.05, 3.63) is 71.8 Å². The molecular weight excluding hydrogens is 358 g/mol. The van der Waals surface area contributed by atoms with Crippen molar-refractivity contribution in [2.75, 3.05) is 13.6 Å². The smallest absolute Gasteiger partial charge is 0.437 e. The fourth-order valence-corrected chi connectivity index (χ4v) is 2.96. The summed E-state index contributed by atoms with van der Waals surface area (Å²) in [5.74, 6) is 0.226. The Morgan fingerprint density at radius 1 is 0.964 bits per heavy atom. The number of hydrogen-bond acceptors (Lipinski definition) is 4. The van der Waals surface area contributed by atoms with Crippen LogP contribution in [0.3, 0.4) is 0 Å². The summed E-state index contributed by atoms with van der Waals surface area (Å²) >= 11 is 0. The molecule has 146 valence electrons. The highest BCUT2D eigenvalue weighted by atomic mass is 16.6. The van der Waals surface area contributed by atoms with Crippen LogP contribution < -0.4 is 0 Å². The minimum Gasteiger partial charge on any atom is -0.444 e. The van der Waals surface area contributed by atoms with E-state index in [0.717, 1.165) is 11.1 Å². The first-order chi connectivity index (χ1) is 13.5. The lowest BCUT2D eigenvalue weighted by Gasteiger charge is -2.20. The Balaban J connectivity index is 1.64. The lowest BCUT2D eigenvalue weighted by atomic mass is 10.2. The van der Waals surface area contributed by atoms with Crippen molar-refractivity contribution in [1.29, 1.82) is 0 Å². The van der Waals surface area contributed by atoms with Gasteiger partial charge in [-0.05, 0) is 18.1 Å². The van der Waals surface area contributed by atoms with Crippen LogP contribution in [0.5, 0.6) is 0 Å². The molecule has 1 aliphatic rings. The average Bonchev–Trinajstić information content (AvgIpc) is 2.99. The Labute approximate surface area is 164 Å². The SMILES string of the molecule is CC1CN(C)/C(=N\C(=O)OCc2ccccc2)N1C(=O)OCc1ccccc1. The van der Waals surface area contributed by atoms with Crippen LogP contribution in [0.15, 0.2) is 65.7 Å². The molecule has 0 N–H and O–H groups in total. The van der Waals surface area contributed by atoms with Crippen molar-refractivity contribution in [3.8, 4) is 0 Å². The summed E-state index contributed by atoms with van der Waals surface area (Å²) in [6.45, 7) is 2.69. The predicted molar refractivity (Wildman–Crippen MR) is 105 cm³/mol. The number of carbonyl (C=O) groups is 2. The van der Waals surface area contributed by atoms with Gasteiger partial charge in [0.05, 0.1) is 6.04 Å². The molecule has 3 rings (SSSR count). The van der Waals surface area contributed by atoms with Crippen LogP contribution in [0.4, 0.5) is 9.59 Å². The van der Waals surface area contributed by atoms with Gasteiger partial charge in [-0.3, -0.25) is 0 Å². The van der Waals surface area contributed by atoms with E-state index in [4.69, 9.17) is 9.47 Å². The molecule has 2 aromatic carbocycles. The molecule has 7 heteroatoms. The van der Waals surface area contributed by atoms with Crippen LogP contribution in [-0.4, -0.2) is 47.6 Å². The molecule has 0 spiro atoms. The van der Waals surface area contributed by atoms with E-state index in [-0.39, 0.29) is 25.2 Å². The van der Waals surface area contributed by atoms with Gasteiger partial charge in [-0.15, -0.1) is 4.99 Å². The second-order valence-corrected chi connectivity index (χ2v) is 6.59. The molecule has 0 saturated carbocycles. The van der Waals surface area contributed by atoms with E-state index in [1.807, 2.05) is 67.6 Å². The molecule has 1 aliphatic heterocycles. The number of carbonyl (C=O) groups excluding carboxylic acids is 2. The normalized spacial score (nSPS) is 17.6. The molecule has 0 bridgehead atoms. The molecule has 0 radical (unpaired) electrons. The first-order valence-electron chi connectivity index (χ1n) is 9.05. The van der Waals surface area contributed by atoms with Gasteiger partial charge in [0.2, 0.25) is 5.96 Å². The van der Waals surface area contributed by atoms with Crippen molar-refractivity contribution >= 4 is 18.1 Å². The van der Waals surface area contributed by atoms with E-state index in [1.54, 1.807) is 11.9 Å². The topological polar surface area (TPSA) is 71.4 Å². The van der Waals surface area contributed by atoms with Gasteiger partial charge in [-0.1, -0.05) is 60.7 Å². The van der Waals surface area contributed by atoms with Crippen molar-refractivity contribution < 1.29 is 19.1 Å². The Bertz CT molecular complexity index is 839. The van der Waals surface area contributed by atoms with Gasteiger partial charge in [0.25, 0.3) is 0 Å². The first kappa shape index (κ1) is 19.4. The number of benzene rings is 2. The van der Waals surface area contributed by atoms with Gasteiger partial charge in [0.15, 0.2) is 0 Å². The fraction of sp³-hybridized carbons (Fsp3) is 0.286. The molecule has 1 unspecified atom stereocenters. The lowest BCUT2D eigenvalue weighted by molar-refractivity contribution is 0.111. The maximum absolute atomic E-state index is 12.6. The number of amides is 2. The quantitative estimate of drug-likeness (QED) is 0.808. The third-order valence-electron chi connectivity index (χ3n) is 4.33. The van der Waals surface area contributed by atoms with Crippen molar-refractivity contribution in [2.45, 2.75) is 26.2 Å². The minimum atomic E-state index is -0.749. The van der Waals surface area contributed by atoms with Gasteiger partial charge in [-0.2, -0.15) is 0 Å². The molecule has 2 aromatic rings. The zero-order valence-electron chi connectivity index (χ0n) is 15.9. The zero-order valence-corrected chi connectivity index (χ0v) is 15.9. The maximum atomic E-state index is 12.6. The van der Waals surface area contributed by atoms with E-state index in [0.29, 0.717) is 6.54 Å². The summed E-state index contributed by atoms with van der Waals surface area (Å²) < 4.78 is 10.6. The molecule has 0 aromatic heterocycles. The summed E-state index contributed by atoms with van der Waals surface area (Å²) in [6.07, 6.45) is -1.30. The number of ether oxygens (including phenoxy) is 2. The van der Waals surface area contributed by atoms with Gasteiger partial charge in [0.1, 0.15) is 13.2 Å². The number of likely N-dealkylation sites (N-methyl/N-ethyl adjacent to an activating group) is 1. The highest BCUT2D eigenvalue weighted by Crippen LogP contribution is 2.17. The minimum absolute atomic E-state index is 0.119. The van der Waals surface area contributed by atoms with E-state index in [9.17, 15) is 9.59 Å². The number of rotatable bonds is 4. The van der Waals surface area contributed by atoms with E-state index in [2.05, 4.69) is 4.99 Å². The maximum Gasteiger partial charge on any atom is 0.437 e. The number of nitrogens with zero attached hydrogens (tertiary/aromatic N) is 3. The van der Waals surface area contributed by atoms with Crippen LogP contribution in [0, 0.1) is 0 Å². The number of aliphatic imine (C=N–C) groups is 1. The summed E-state index contributed by atoms with van der Waals surface area (Å²) in [5.41, 5.74) is 1.75. The molecule has 28 heavy (non-hydrogen) atoms. The standard InChI is InChI=1S/C21H23N3O4/c1-16-13-23(2)19(22-20(25)27-14-17-9-5-3-6-10-17)24(16)21(26)28-15-18-11-7-4-8-12-18/h3-12,16H,13-15H2,1-2H3/b22-19+. The molecule has 1 fully saturated rings. The van der Waals surface area contributed by atoms with Crippen LogP contribution >= 0.6 is 0 Å². The van der Waals surface area contributed by atoms with E-state index < -0.39 is 12.2 Å². The summed E-state index contributed by atoms with van der Waals surface area (Å²) in [5, 5.41) is 0. The van der Waals surface area contributed by atoms with Crippen molar-refractivity contribution in [3.63, 3.8) is 0 Å². The van der Waals surface area contributed by atoms with Gasteiger partial charge in [-0.25, -0.2) is 14.5 Å². The van der Waals surface area contributed by atoms with E-state index in [1.165, 1.54) is 4.90 Å². The Morgan fingerprint density at radius 3 is 2.07 bits per heavy atom. The summed E-state index contributed by atoms with van der Waals surface area (Å²) in [7, 11) is 1.77. The van der Waals surface area contributed by atoms with Crippen LogP contribution in [0.2, 0.25) is 0 Å². The molecule has 1 heterocycles. The van der Waals surface area contributed by atoms with Gasteiger partial charge in [0, 0.05) is 13.6 Å². The summed E-state index contributed by atoms with van der Waals surface area (Å²) in [6, 6.07) is 18.6. The predicted octanol–water partition coefficient (Wildman–Crippen LogP) is 3.65. The second kappa shape index (κ2) is 9.03. The number of guanidine groups is 1. The highest BCUT2D eigenvalue weighted by molar-refractivity contribution is 6.00. The third-order valence-corrected chi connectivity index (χ3v) is 4.33. The van der Waals surface area contributed by atoms with E-state index >= 15 is 0 Å². The molecular formula is C21H23N3O4.